The van der Waals surface area contributed by atoms with Crippen LogP contribution in [0.3, 0.4) is 0 Å². The lowest BCUT2D eigenvalue weighted by Crippen LogP contribution is -2.07. The maximum atomic E-state index is 11.0. The molecule has 98 valence electrons. The number of nitrogens with zero attached hydrogens (tertiary/aromatic N) is 1. The second-order valence-electron chi connectivity index (χ2n) is 4.58. The summed E-state index contributed by atoms with van der Waals surface area (Å²) in [5, 5.41) is 14.7. The zero-order valence-corrected chi connectivity index (χ0v) is 11.5. The van der Waals surface area contributed by atoms with Crippen molar-refractivity contribution in [2.24, 2.45) is 5.92 Å². The zero-order chi connectivity index (χ0) is 13.3. The summed E-state index contributed by atoms with van der Waals surface area (Å²) in [6.45, 7) is 2.14. The molecule has 1 aliphatic rings. The smallest absolute Gasteiger partial charge is 0.293 e. The molecular weight excluding hydrogens is 275 g/mol. The Bertz CT molecular complexity index is 479. The molecule has 18 heavy (non-hydrogen) atoms. The van der Waals surface area contributed by atoms with E-state index in [1.807, 2.05) is 0 Å². The van der Waals surface area contributed by atoms with E-state index in [4.69, 9.17) is 23.2 Å². The summed E-state index contributed by atoms with van der Waals surface area (Å²) in [6.07, 6.45) is 3.34. The van der Waals surface area contributed by atoms with E-state index in [2.05, 4.69) is 12.2 Å². The first-order valence-electron chi connectivity index (χ1n) is 5.93. The van der Waals surface area contributed by atoms with Crippen LogP contribution in [0, 0.1) is 16.0 Å². The SMILES string of the molecule is CCCC1CC1Nc1cc(Cl)c(Cl)cc1[N+](=O)[O-]. The number of hydrogen-bond donors (Lipinski definition) is 1. The third-order valence-corrected chi connectivity index (χ3v) is 3.88. The predicted molar refractivity (Wildman–Crippen MR) is 73.5 cm³/mol. The Morgan fingerprint density at radius 3 is 2.72 bits per heavy atom. The number of rotatable bonds is 5. The topological polar surface area (TPSA) is 55.2 Å². The summed E-state index contributed by atoms with van der Waals surface area (Å²) in [5.74, 6) is 0.615. The molecule has 0 saturated heterocycles. The standard InChI is InChI=1S/C12H14Cl2N2O2/c1-2-3-7-4-10(7)15-11-5-8(13)9(14)6-12(11)16(17)18/h5-7,10,15H,2-4H2,1H3. The summed E-state index contributed by atoms with van der Waals surface area (Å²) in [4.78, 5) is 10.5. The van der Waals surface area contributed by atoms with Gasteiger partial charge in [0.15, 0.2) is 0 Å². The Labute approximate surface area is 115 Å². The summed E-state index contributed by atoms with van der Waals surface area (Å²) >= 11 is 11.7. The predicted octanol–water partition coefficient (Wildman–Crippen LogP) is 4.50. The van der Waals surface area contributed by atoms with Crippen molar-refractivity contribution in [1.29, 1.82) is 0 Å². The third-order valence-electron chi connectivity index (χ3n) is 3.16. The fourth-order valence-electron chi connectivity index (χ4n) is 2.12. The molecule has 1 aromatic rings. The molecule has 0 aliphatic heterocycles. The van der Waals surface area contributed by atoms with Crippen LogP contribution < -0.4 is 5.32 Å². The lowest BCUT2D eigenvalue weighted by Gasteiger charge is -2.08. The van der Waals surface area contributed by atoms with Crippen molar-refractivity contribution in [3.8, 4) is 0 Å². The fraction of sp³-hybridized carbons (Fsp3) is 0.500. The minimum absolute atomic E-state index is 0.0217. The molecule has 0 bridgehead atoms. The van der Waals surface area contributed by atoms with Crippen LogP contribution in [0.2, 0.25) is 10.0 Å². The molecule has 2 rings (SSSR count). The second kappa shape index (κ2) is 5.33. The molecule has 6 heteroatoms. The zero-order valence-electron chi connectivity index (χ0n) is 9.95. The maximum Gasteiger partial charge on any atom is 0.293 e. The van der Waals surface area contributed by atoms with E-state index in [9.17, 15) is 10.1 Å². The van der Waals surface area contributed by atoms with Crippen LogP contribution in [-0.4, -0.2) is 11.0 Å². The van der Waals surface area contributed by atoms with Gasteiger partial charge in [0.2, 0.25) is 0 Å². The van der Waals surface area contributed by atoms with Crippen molar-refractivity contribution >= 4 is 34.6 Å². The molecule has 4 nitrogen and oxygen atoms in total. The van der Waals surface area contributed by atoms with E-state index in [0.29, 0.717) is 22.7 Å². The molecule has 1 saturated carbocycles. The van der Waals surface area contributed by atoms with Gasteiger partial charge < -0.3 is 5.32 Å². The highest BCUT2D eigenvalue weighted by Crippen LogP contribution is 2.41. The first-order valence-corrected chi connectivity index (χ1v) is 6.68. The molecule has 2 atom stereocenters. The first kappa shape index (κ1) is 13.4. The van der Waals surface area contributed by atoms with Crippen LogP contribution in [0.1, 0.15) is 26.2 Å². The Hall–Kier alpha value is -1.00. The van der Waals surface area contributed by atoms with Crippen LogP contribution in [0.5, 0.6) is 0 Å². The molecule has 0 radical (unpaired) electrons. The van der Waals surface area contributed by atoms with Crippen molar-refractivity contribution in [2.75, 3.05) is 5.32 Å². The Morgan fingerprint density at radius 1 is 1.44 bits per heavy atom. The van der Waals surface area contributed by atoms with Gasteiger partial charge in [-0.2, -0.15) is 0 Å². The maximum absolute atomic E-state index is 11.0. The van der Waals surface area contributed by atoms with E-state index < -0.39 is 4.92 Å². The molecule has 0 amide bonds. The van der Waals surface area contributed by atoms with E-state index in [0.717, 1.165) is 19.3 Å². The van der Waals surface area contributed by atoms with Gasteiger partial charge >= 0.3 is 0 Å². The third kappa shape index (κ3) is 2.87. The Balaban J connectivity index is 2.17. The average molecular weight is 289 g/mol. The Morgan fingerprint density at radius 2 is 2.11 bits per heavy atom. The summed E-state index contributed by atoms with van der Waals surface area (Å²) in [7, 11) is 0. The van der Waals surface area contributed by atoms with E-state index >= 15 is 0 Å². The molecule has 1 fully saturated rings. The van der Waals surface area contributed by atoms with Crippen molar-refractivity contribution in [1.82, 2.24) is 0 Å². The highest BCUT2D eigenvalue weighted by molar-refractivity contribution is 6.42. The normalized spacial score (nSPS) is 21.7. The number of benzene rings is 1. The molecule has 0 spiro atoms. The van der Waals surface area contributed by atoms with E-state index in [1.165, 1.54) is 12.1 Å². The van der Waals surface area contributed by atoms with Crippen molar-refractivity contribution in [3.63, 3.8) is 0 Å². The number of nitro benzene ring substituents is 1. The lowest BCUT2D eigenvalue weighted by atomic mass is 10.2. The van der Waals surface area contributed by atoms with Crippen LogP contribution in [0.4, 0.5) is 11.4 Å². The van der Waals surface area contributed by atoms with Crippen LogP contribution in [-0.2, 0) is 0 Å². The molecule has 1 aliphatic carbocycles. The molecule has 2 unspecified atom stereocenters. The van der Waals surface area contributed by atoms with Crippen molar-refractivity contribution < 1.29 is 4.92 Å². The van der Waals surface area contributed by atoms with Gasteiger partial charge in [0.05, 0.1) is 15.0 Å². The summed E-state index contributed by atoms with van der Waals surface area (Å²) in [5.41, 5.74) is 0.435. The quantitative estimate of drug-likeness (QED) is 0.641. The summed E-state index contributed by atoms with van der Waals surface area (Å²) in [6, 6.07) is 3.15. The van der Waals surface area contributed by atoms with Gasteiger partial charge in [-0.1, -0.05) is 36.5 Å². The van der Waals surface area contributed by atoms with Gasteiger partial charge in [0.25, 0.3) is 5.69 Å². The minimum Gasteiger partial charge on any atom is -0.376 e. The van der Waals surface area contributed by atoms with Crippen LogP contribution in [0.15, 0.2) is 12.1 Å². The number of nitro groups is 1. The molecular formula is C12H14Cl2N2O2. The number of halogens is 2. The average Bonchev–Trinajstić information content (AvgIpc) is 3.01. The highest BCUT2D eigenvalue weighted by atomic mass is 35.5. The van der Waals surface area contributed by atoms with E-state index in [-0.39, 0.29) is 10.7 Å². The first-order chi connectivity index (χ1) is 8.52. The summed E-state index contributed by atoms with van der Waals surface area (Å²) < 4.78 is 0. The van der Waals surface area contributed by atoms with Crippen LogP contribution in [0.25, 0.3) is 0 Å². The van der Waals surface area contributed by atoms with Crippen molar-refractivity contribution in [3.05, 3.63) is 32.3 Å². The number of nitrogens with one attached hydrogen (secondary N) is 1. The van der Waals surface area contributed by atoms with Gasteiger partial charge in [0.1, 0.15) is 5.69 Å². The molecule has 0 heterocycles. The van der Waals surface area contributed by atoms with Gasteiger partial charge in [-0.15, -0.1) is 0 Å². The number of anilines is 1. The number of hydrogen-bond acceptors (Lipinski definition) is 3. The lowest BCUT2D eigenvalue weighted by molar-refractivity contribution is -0.383. The van der Waals surface area contributed by atoms with Crippen LogP contribution >= 0.6 is 23.2 Å². The minimum atomic E-state index is -0.443. The Kier molecular flexibility index (Phi) is 3.97. The van der Waals surface area contributed by atoms with Gasteiger partial charge in [-0.05, 0) is 24.8 Å². The van der Waals surface area contributed by atoms with Gasteiger partial charge in [0, 0.05) is 12.1 Å². The van der Waals surface area contributed by atoms with E-state index in [1.54, 1.807) is 0 Å². The second-order valence-corrected chi connectivity index (χ2v) is 5.39. The molecule has 1 N–H and O–H groups in total. The highest BCUT2D eigenvalue weighted by Gasteiger charge is 2.37. The van der Waals surface area contributed by atoms with Crippen molar-refractivity contribution in [2.45, 2.75) is 32.2 Å². The fourth-order valence-corrected chi connectivity index (χ4v) is 2.44. The van der Waals surface area contributed by atoms with Gasteiger partial charge in [-0.3, -0.25) is 10.1 Å². The largest absolute Gasteiger partial charge is 0.376 e. The van der Waals surface area contributed by atoms with Gasteiger partial charge in [-0.25, -0.2) is 0 Å². The molecule has 0 aromatic heterocycles. The molecule has 1 aromatic carbocycles. The monoisotopic (exact) mass is 288 g/mol.